The van der Waals surface area contributed by atoms with E-state index in [9.17, 15) is 14.3 Å². The van der Waals surface area contributed by atoms with Crippen molar-refractivity contribution in [3.8, 4) is 17.1 Å². The second kappa shape index (κ2) is 6.48. The molecular formula is C19H19FN2O4. The van der Waals surface area contributed by atoms with Crippen molar-refractivity contribution in [2.24, 2.45) is 11.8 Å². The Morgan fingerprint density at radius 1 is 1.31 bits per heavy atom. The van der Waals surface area contributed by atoms with Crippen LogP contribution in [0.4, 0.5) is 10.2 Å². The fraction of sp³-hybridized carbons (Fsp3) is 0.368. The Morgan fingerprint density at radius 3 is 2.62 bits per heavy atom. The van der Waals surface area contributed by atoms with E-state index < -0.39 is 11.8 Å². The van der Waals surface area contributed by atoms with Crippen LogP contribution in [0.1, 0.15) is 23.2 Å². The summed E-state index contributed by atoms with van der Waals surface area (Å²) in [5, 5.41) is 13.8. The number of methoxy groups -OCH3 is 1. The molecule has 7 heteroatoms. The van der Waals surface area contributed by atoms with Crippen molar-refractivity contribution in [3.63, 3.8) is 0 Å². The Balaban J connectivity index is 1.71. The molecule has 1 aliphatic carbocycles. The second-order valence-electron chi connectivity index (χ2n) is 6.73. The molecule has 2 atom stereocenters. The number of hydrogen-bond acceptors (Lipinski definition) is 5. The molecule has 1 aromatic heterocycles. The van der Waals surface area contributed by atoms with Crippen LogP contribution in [0.5, 0.6) is 5.75 Å². The number of carboxylic acids is 1. The minimum atomic E-state index is -1.12. The van der Waals surface area contributed by atoms with E-state index in [4.69, 9.17) is 9.26 Å². The van der Waals surface area contributed by atoms with E-state index in [-0.39, 0.29) is 17.1 Å². The Hall–Kier alpha value is -2.83. The number of carboxylic acid groups (broad SMARTS) is 1. The molecule has 0 amide bonds. The average Bonchev–Trinajstić information content (AvgIpc) is 3.26. The zero-order valence-corrected chi connectivity index (χ0v) is 14.3. The minimum Gasteiger partial charge on any atom is -0.494 e. The molecule has 0 spiro atoms. The normalized spacial score (nSPS) is 21.7. The van der Waals surface area contributed by atoms with Crippen LogP contribution in [0.3, 0.4) is 0 Å². The molecule has 136 valence electrons. The van der Waals surface area contributed by atoms with Gasteiger partial charge in [-0.2, -0.15) is 0 Å². The lowest BCUT2D eigenvalue weighted by Crippen LogP contribution is -2.22. The van der Waals surface area contributed by atoms with Gasteiger partial charge in [0.1, 0.15) is 0 Å². The average molecular weight is 358 g/mol. The lowest BCUT2D eigenvalue weighted by Gasteiger charge is -2.17. The van der Waals surface area contributed by atoms with E-state index in [0.717, 1.165) is 25.9 Å². The number of nitrogens with zero attached hydrogens (tertiary/aromatic N) is 2. The summed E-state index contributed by atoms with van der Waals surface area (Å²) in [7, 11) is 1.35. The van der Waals surface area contributed by atoms with Gasteiger partial charge in [0, 0.05) is 18.7 Å². The highest BCUT2D eigenvalue weighted by atomic mass is 19.1. The third-order valence-electron chi connectivity index (χ3n) is 5.22. The van der Waals surface area contributed by atoms with Gasteiger partial charge in [0.25, 0.3) is 0 Å². The number of aromatic carboxylic acids is 1. The van der Waals surface area contributed by atoms with Crippen LogP contribution in [0.25, 0.3) is 11.3 Å². The fourth-order valence-electron chi connectivity index (χ4n) is 3.88. The number of fused-ring (bicyclic) bond motifs is 1. The summed E-state index contributed by atoms with van der Waals surface area (Å²) in [6, 6.07) is 4.10. The van der Waals surface area contributed by atoms with Gasteiger partial charge in [-0.1, -0.05) is 17.3 Å². The van der Waals surface area contributed by atoms with Crippen LogP contribution in [-0.2, 0) is 0 Å². The number of allylic oxidation sites excluding steroid dienone is 2. The third-order valence-corrected chi connectivity index (χ3v) is 5.22. The van der Waals surface area contributed by atoms with Crippen LogP contribution < -0.4 is 9.64 Å². The lowest BCUT2D eigenvalue weighted by molar-refractivity contribution is 0.0698. The van der Waals surface area contributed by atoms with E-state index in [1.165, 1.54) is 25.3 Å². The number of ether oxygens (including phenoxy) is 1. The molecule has 0 unspecified atom stereocenters. The minimum absolute atomic E-state index is 0.00488. The number of aromatic nitrogens is 1. The highest BCUT2D eigenvalue weighted by Crippen LogP contribution is 2.39. The van der Waals surface area contributed by atoms with Gasteiger partial charge in [0.15, 0.2) is 28.7 Å². The zero-order chi connectivity index (χ0) is 18.3. The van der Waals surface area contributed by atoms with Crippen molar-refractivity contribution < 1.29 is 23.6 Å². The van der Waals surface area contributed by atoms with Gasteiger partial charge in [-0.05, 0) is 42.9 Å². The summed E-state index contributed by atoms with van der Waals surface area (Å²) in [6.45, 7) is 1.52. The smallest absolute Gasteiger partial charge is 0.343 e. The SMILES string of the molecule is COc1cc(-c2onc(N3C[C@H]4CC=CC[C@H]4C3)c2C(=O)O)ccc1F. The first-order valence-electron chi connectivity index (χ1n) is 8.55. The number of anilines is 1. The van der Waals surface area contributed by atoms with E-state index in [1.54, 1.807) is 0 Å². The maximum Gasteiger partial charge on any atom is 0.343 e. The lowest BCUT2D eigenvalue weighted by atomic mass is 9.86. The molecule has 1 saturated heterocycles. The Bertz CT molecular complexity index is 860. The fourth-order valence-corrected chi connectivity index (χ4v) is 3.88. The Morgan fingerprint density at radius 2 is 2.00 bits per heavy atom. The maximum absolute atomic E-state index is 13.7. The first kappa shape index (κ1) is 16.6. The molecule has 26 heavy (non-hydrogen) atoms. The zero-order valence-electron chi connectivity index (χ0n) is 14.3. The summed E-state index contributed by atoms with van der Waals surface area (Å²) in [4.78, 5) is 13.9. The molecule has 2 aliphatic rings. The van der Waals surface area contributed by atoms with Crippen molar-refractivity contribution in [1.82, 2.24) is 5.16 Å². The van der Waals surface area contributed by atoms with E-state index in [0.29, 0.717) is 23.2 Å². The first-order valence-corrected chi connectivity index (χ1v) is 8.55. The van der Waals surface area contributed by atoms with E-state index in [2.05, 4.69) is 17.3 Å². The summed E-state index contributed by atoms with van der Waals surface area (Å²) >= 11 is 0. The molecule has 2 heterocycles. The van der Waals surface area contributed by atoms with Crippen molar-refractivity contribution in [1.29, 1.82) is 0 Å². The maximum atomic E-state index is 13.7. The Kier molecular flexibility index (Phi) is 4.14. The second-order valence-corrected chi connectivity index (χ2v) is 6.73. The van der Waals surface area contributed by atoms with E-state index in [1.807, 2.05) is 4.90 Å². The molecular weight excluding hydrogens is 339 g/mol. The molecule has 1 aliphatic heterocycles. The molecule has 1 N–H and O–H groups in total. The number of halogens is 1. The van der Waals surface area contributed by atoms with Crippen molar-refractivity contribution in [2.45, 2.75) is 12.8 Å². The van der Waals surface area contributed by atoms with Crippen LogP contribution in [0.2, 0.25) is 0 Å². The van der Waals surface area contributed by atoms with Gasteiger partial charge in [0.2, 0.25) is 0 Å². The van der Waals surface area contributed by atoms with Crippen LogP contribution in [0, 0.1) is 17.7 Å². The van der Waals surface area contributed by atoms with Gasteiger partial charge < -0.3 is 19.3 Å². The Labute approximate surface area is 149 Å². The number of hydrogen-bond donors (Lipinski definition) is 1. The van der Waals surface area contributed by atoms with Crippen molar-refractivity contribution in [3.05, 3.63) is 41.7 Å². The molecule has 0 saturated carbocycles. The highest BCUT2D eigenvalue weighted by Gasteiger charge is 2.37. The molecule has 1 aromatic carbocycles. The van der Waals surface area contributed by atoms with Crippen molar-refractivity contribution in [2.75, 3.05) is 25.1 Å². The van der Waals surface area contributed by atoms with Crippen LogP contribution in [-0.4, -0.2) is 36.4 Å². The number of rotatable bonds is 4. The quantitative estimate of drug-likeness (QED) is 0.842. The van der Waals surface area contributed by atoms with Gasteiger partial charge in [-0.3, -0.25) is 0 Å². The van der Waals surface area contributed by atoms with E-state index >= 15 is 0 Å². The number of benzene rings is 1. The van der Waals surface area contributed by atoms with Gasteiger partial charge in [0.05, 0.1) is 7.11 Å². The molecule has 0 radical (unpaired) electrons. The van der Waals surface area contributed by atoms with Gasteiger partial charge in [-0.15, -0.1) is 0 Å². The van der Waals surface area contributed by atoms with Crippen molar-refractivity contribution >= 4 is 11.8 Å². The summed E-state index contributed by atoms with van der Waals surface area (Å²) in [5.74, 6) is -0.156. The molecule has 1 fully saturated rings. The first-order chi connectivity index (χ1) is 12.6. The van der Waals surface area contributed by atoms with Gasteiger partial charge in [-0.25, -0.2) is 9.18 Å². The standard InChI is InChI=1S/C19H19FN2O4/c1-25-15-8-11(6-7-14(15)20)17-16(19(23)24)18(21-26-17)22-9-12-4-2-3-5-13(12)10-22/h2-3,6-8,12-13H,4-5,9-10H2,1H3,(H,23,24)/t12-,13+. The third kappa shape index (κ3) is 2.73. The highest BCUT2D eigenvalue weighted by molar-refractivity contribution is 5.99. The molecule has 4 rings (SSSR count). The summed E-state index contributed by atoms with van der Waals surface area (Å²) in [6.07, 6.45) is 6.37. The topological polar surface area (TPSA) is 75.8 Å². The predicted molar refractivity (Wildman–Crippen MR) is 93.0 cm³/mol. The molecule has 2 aromatic rings. The van der Waals surface area contributed by atoms with Crippen LogP contribution >= 0.6 is 0 Å². The largest absolute Gasteiger partial charge is 0.494 e. The summed E-state index contributed by atoms with van der Waals surface area (Å²) < 4.78 is 24.0. The molecule has 0 bridgehead atoms. The summed E-state index contributed by atoms with van der Waals surface area (Å²) in [5.41, 5.74) is 0.419. The van der Waals surface area contributed by atoms with Gasteiger partial charge >= 0.3 is 5.97 Å². The monoisotopic (exact) mass is 358 g/mol. The predicted octanol–water partition coefficient (Wildman–Crippen LogP) is 3.59. The number of carbonyl (C=O) groups is 1. The molecule has 6 nitrogen and oxygen atoms in total. The van der Waals surface area contributed by atoms with Crippen LogP contribution in [0.15, 0.2) is 34.9 Å².